The van der Waals surface area contributed by atoms with Crippen LogP contribution in [-0.4, -0.2) is 16.1 Å². The molecule has 0 fully saturated rings. The Morgan fingerprint density at radius 2 is 1.95 bits per heavy atom. The van der Waals surface area contributed by atoms with Crippen LogP contribution in [0.1, 0.15) is 15.9 Å². The van der Waals surface area contributed by atoms with Gasteiger partial charge in [0.1, 0.15) is 17.1 Å². The van der Waals surface area contributed by atoms with Crippen molar-refractivity contribution in [1.82, 2.24) is 4.98 Å². The summed E-state index contributed by atoms with van der Waals surface area (Å²) < 4.78 is 5.77. The number of benzene rings is 2. The molecule has 0 amide bonds. The average Bonchev–Trinajstić information content (AvgIpc) is 2.49. The van der Waals surface area contributed by atoms with Gasteiger partial charge in [-0.3, -0.25) is 4.98 Å². The molecule has 0 bridgehead atoms. The van der Waals surface area contributed by atoms with Crippen molar-refractivity contribution < 1.29 is 14.6 Å². The molecule has 104 valence electrons. The Kier molecular flexibility index (Phi) is 3.28. The van der Waals surface area contributed by atoms with Gasteiger partial charge in [0.15, 0.2) is 0 Å². The van der Waals surface area contributed by atoms with E-state index in [1.54, 1.807) is 12.3 Å². The highest BCUT2D eigenvalue weighted by atomic mass is 16.5. The lowest BCUT2D eigenvalue weighted by molar-refractivity contribution is 0.0694. The van der Waals surface area contributed by atoms with Crippen molar-refractivity contribution in [3.63, 3.8) is 0 Å². The maximum atomic E-state index is 11.3. The van der Waals surface area contributed by atoms with Gasteiger partial charge in [0.05, 0.1) is 11.7 Å². The van der Waals surface area contributed by atoms with Crippen LogP contribution in [0, 0.1) is 6.92 Å². The molecule has 4 heteroatoms. The van der Waals surface area contributed by atoms with E-state index in [1.165, 1.54) is 6.07 Å². The number of fused-ring (bicyclic) bond motifs is 1. The van der Waals surface area contributed by atoms with Gasteiger partial charge in [-0.05, 0) is 30.7 Å². The number of carboxylic acids is 1. The Balaban J connectivity index is 2.04. The molecule has 0 unspecified atom stereocenters. The van der Waals surface area contributed by atoms with Crippen molar-refractivity contribution in [2.45, 2.75) is 6.92 Å². The van der Waals surface area contributed by atoms with Crippen LogP contribution in [0.5, 0.6) is 11.5 Å². The number of nitrogens with zero attached hydrogens (tertiary/aromatic N) is 1. The first-order chi connectivity index (χ1) is 10.1. The molecule has 3 aromatic rings. The van der Waals surface area contributed by atoms with Crippen molar-refractivity contribution in [3.05, 3.63) is 65.9 Å². The lowest BCUT2D eigenvalue weighted by atomic mass is 10.1. The van der Waals surface area contributed by atoms with E-state index < -0.39 is 5.97 Å². The monoisotopic (exact) mass is 279 g/mol. The minimum absolute atomic E-state index is 0.142. The number of para-hydroxylation sites is 2. The molecule has 0 aliphatic heterocycles. The number of rotatable bonds is 3. The quantitative estimate of drug-likeness (QED) is 0.786. The van der Waals surface area contributed by atoms with Gasteiger partial charge < -0.3 is 9.84 Å². The van der Waals surface area contributed by atoms with Gasteiger partial charge in [0, 0.05) is 5.39 Å². The minimum Gasteiger partial charge on any atom is -0.478 e. The predicted octanol–water partition coefficient (Wildman–Crippen LogP) is 4.03. The van der Waals surface area contributed by atoms with Gasteiger partial charge in [-0.25, -0.2) is 4.79 Å². The lowest BCUT2D eigenvalue weighted by Crippen LogP contribution is -2.01. The molecule has 3 rings (SSSR count). The van der Waals surface area contributed by atoms with Crippen LogP contribution in [0.3, 0.4) is 0 Å². The summed E-state index contributed by atoms with van der Waals surface area (Å²) in [6.45, 7) is 1.82. The summed E-state index contributed by atoms with van der Waals surface area (Å²) in [5.74, 6) is -0.143. The number of hydrogen-bond donors (Lipinski definition) is 1. The molecule has 21 heavy (non-hydrogen) atoms. The van der Waals surface area contributed by atoms with Crippen molar-refractivity contribution in [2.75, 3.05) is 0 Å². The third kappa shape index (κ3) is 2.56. The first kappa shape index (κ1) is 13.1. The summed E-state index contributed by atoms with van der Waals surface area (Å²) in [7, 11) is 0. The molecule has 0 aliphatic rings. The molecule has 0 saturated carbocycles. The van der Waals surface area contributed by atoms with E-state index in [4.69, 9.17) is 4.74 Å². The fourth-order valence-electron chi connectivity index (χ4n) is 2.18. The Morgan fingerprint density at radius 1 is 1.14 bits per heavy atom. The minimum atomic E-state index is -1.01. The van der Waals surface area contributed by atoms with Crippen molar-refractivity contribution in [3.8, 4) is 11.5 Å². The van der Waals surface area contributed by atoms with Crippen LogP contribution in [-0.2, 0) is 0 Å². The highest BCUT2D eigenvalue weighted by molar-refractivity contribution is 5.91. The molecular formula is C17H13NO3. The fourth-order valence-corrected chi connectivity index (χ4v) is 2.18. The van der Waals surface area contributed by atoms with Gasteiger partial charge in [-0.15, -0.1) is 0 Å². The summed E-state index contributed by atoms with van der Waals surface area (Å²) in [4.78, 5) is 15.6. The van der Waals surface area contributed by atoms with Crippen LogP contribution in [0.25, 0.3) is 10.9 Å². The van der Waals surface area contributed by atoms with E-state index >= 15 is 0 Å². The molecule has 1 heterocycles. The maximum Gasteiger partial charge on any atom is 0.339 e. The molecular weight excluding hydrogens is 266 g/mol. The summed E-state index contributed by atoms with van der Waals surface area (Å²) in [5.41, 5.74) is 1.78. The first-order valence-electron chi connectivity index (χ1n) is 6.51. The molecule has 2 aromatic carbocycles. The van der Waals surface area contributed by atoms with Crippen molar-refractivity contribution >= 4 is 16.9 Å². The van der Waals surface area contributed by atoms with Crippen LogP contribution < -0.4 is 4.74 Å². The number of aromatic nitrogens is 1. The van der Waals surface area contributed by atoms with Crippen molar-refractivity contribution in [1.29, 1.82) is 0 Å². The summed E-state index contributed by atoms with van der Waals surface area (Å²) in [5, 5.41) is 10.2. The summed E-state index contributed by atoms with van der Waals surface area (Å²) in [6.07, 6.45) is 1.60. The van der Waals surface area contributed by atoms with Gasteiger partial charge in [-0.2, -0.15) is 0 Å². The highest BCUT2D eigenvalue weighted by Gasteiger charge is 2.14. The average molecular weight is 279 g/mol. The van der Waals surface area contributed by atoms with Gasteiger partial charge in [-0.1, -0.05) is 30.3 Å². The zero-order valence-corrected chi connectivity index (χ0v) is 11.4. The van der Waals surface area contributed by atoms with Crippen LogP contribution >= 0.6 is 0 Å². The SMILES string of the molecule is Cc1cccc(C(=O)O)c1Oc1cnc2ccccc2c1. The second-order valence-electron chi connectivity index (χ2n) is 4.72. The number of pyridine rings is 1. The Bertz CT molecular complexity index is 827. The standard InChI is InChI=1S/C17H13NO3/c1-11-5-4-7-14(17(19)20)16(11)21-13-9-12-6-2-3-8-15(12)18-10-13/h2-10H,1H3,(H,19,20). The lowest BCUT2D eigenvalue weighted by Gasteiger charge is -2.11. The Morgan fingerprint density at radius 3 is 2.76 bits per heavy atom. The molecule has 1 aromatic heterocycles. The van der Waals surface area contributed by atoms with E-state index in [1.807, 2.05) is 43.3 Å². The molecule has 0 atom stereocenters. The van der Waals surface area contributed by atoms with Gasteiger partial charge in [0.2, 0.25) is 0 Å². The molecule has 0 spiro atoms. The molecule has 0 aliphatic carbocycles. The van der Waals surface area contributed by atoms with Gasteiger partial charge >= 0.3 is 5.97 Å². The van der Waals surface area contributed by atoms with Crippen LogP contribution in [0.2, 0.25) is 0 Å². The summed E-state index contributed by atoms with van der Waals surface area (Å²) in [6, 6.07) is 14.6. The Labute approximate surface area is 121 Å². The zero-order valence-electron chi connectivity index (χ0n) is 11.4. The fraction of sp³-hybridized carbons (Fsp3) is 0.0588. The number of hydrogen-bond acceptors (Lipinski definition) is 3. The third-order valence-corrected chi connectivity index (χ3v) is 3.23. The molecule has 1 N–H and O–H groups in total. The van der Waals surface area contributed by atoms with E-state index in [2.05, 4.69) is 4.98 Å². The van der Waals surface area contributed by atoms with E-state index in [0.29, 0.717) is 11.5 Å². The maximum absolute atomic E-state index is 11.3. The number of carbonyl (C=O) groups is 1. The van der Waals surface area contributed by atoms with Crippen LogP contribution in [0.15, 0.2) is 54.7 Å². The largest absolute Gasteiger partial charge is 0.478 e. The normalized spacial score (nSPS) is 10.5. The first-order valence-corrected chi connectivity index (χ1v) is 6.51. The number of aromatic carboxylic acids is 1. The number of carboxylic acid groups (broad SMARTS) is 1. The second-order valence-corrected chi connectivity index (χ2v) is 4.72. The van der Waals surface area contributed by atoms with Crippen molar-refractivity contribution in [2.24, 2.45) is 0 Å². The summed E-state index contributed by atoms with van der Waals surface area (Å²) >= 11 is 0. The number of ether oxygens (including phenoxy) is 1. The van der Waals surface area contributed by atoms with E-state index in [-0.39, 0.29) is 5.56 Å². The highest BCUT2D eigenvalue weighted by Crippen LogP contribution is 2.30. The third-order valence-electron chi connectivity index (χ3n) is 3.23. The Hall–Kier alpha value is -2.88. The topological polar surface area (TPSA) is 59.4 Å². The van der Waals surface area contributed by atoms with E-state index in [0.717, 1.165) is 16.5 Å². The van der Waals surface area contributed by atoms with Gasteiger partial charge in [0.25, 0.3) is 0 Å². The molecule has 0 radical (unpaired) electrons. The molecule has 0 saturated heterocycles. The number of aryl methyl sites for hydroxylation is 1. The van der Waals surface area contributed by atoms with E-state index in [9.17, 15) is 9.90 Å². The zero-order chi connectivity index (χ0) is 14.8. The molecule has 4 nitrogen and oxygen atoms in total. The second kappa shape index (κ2) is 5.25. The predicted molar refractivity (Wildman–Crippen MR) is 80.0 cm³/mol. The van der Waals surface area contributed by atoms with Crippen LogP contribution in [0.4, 0.5) is 0 Å². The smallest absolute Gasteiger partial charge is 0.339 e.